The van der Waals surface area contributed by atoms with Crippen molar-refractivity contribution in [1.82, 2.24) is 9.80 Å². The van der Waals surface area contributed by atoms with Gasteiger partial charge in [0, 0.05) is 32.5 Å². The molecule has 0 aromatic carbocycles. The van der Waals surface area contributed by atoms with E-state index < -0.39 is 6.16 Å². The van der Waals surface area contributed by atoms with Gasteiger partial charge in [-0.3, -0.25) is 0 Å². The SMILES string of the molecule is CC(COCCN(C)CCN(C)C)OC(=O)OS. The first-order valence-electron chi connectivity index (χ1n) is 5.88. The van der Waals surface area contributed by atoms with Crippen molar-refractivity contribution >= 4 is 19.1 Å². The highest BCUT2D eigenvalue weighted by Gasteiger charge is 2.09. The largest absolute Gasteiger partial charge is 0.520 e. The predicted octanol–water partition coefficient (Wildman–Crippen LogP) is 0.883. The highest BCUT2D eigenvalue weighted by Crippen LogP contribution is 1.97. The first kappa shape index (κ1) is 17.5. The molecule has 0 aliphatic rings. The molecule has 108 valence electrons. The summed E-state index contributed by atoms with van der Waals surface area (Å²) < 4.78 is 14.3. The van der Waals surface area contributed by atoms with Gasteiger partial charge in [-0.05, 0) is 28.1 Å². The van der Waals surface area contributed by atoms with Crippen LogP contribution in [0, 0.1) is 0 Å². The molecule has 0 rings (SSSR count). The normalized spacial score (nSPS) is 12.8. The lowest BCUT2D eigenvalue weighted by molar-refractivity contribution is 0.00878. The van der Waals surface area contributed by atoms with Gasteiger partial charge in [0.05, 0.1) is 13.2 Å². The third-order valence-electron chi connectivity index (χ3n) is 2.27. The number of thiol groups is 1. The number of carbonyl (C=O) groups excluding carboxylic acids is 1. The Morgan fingerprint density at radius 2 is 1.89 bits per heavy atom. The molecular formula is C11H24N2O4S. The summed E-state index contributed by atoms with van der Waals surface area (Å²) in [6, 6.07) is 0. The fourth-order valence-electron chi connectivity index (χ4n) is 1.17. The van der Waals surface area contributed by atoms with Crippen molar-refractivity contribution in [3.63, 3.8) is 0 Å². The van der Waals surface area contributed by atoms with E-state index in [9.17, 15) is 4.79 Å². The number of rotatable bonds is 9. The van der Waals surface area contributed by atoms with E-state index in [1.165, 1.54) is 0 Å². The zero-order valence-corrected chi connectivity index (χ0v) is 12.5. The van der Waals surface area contributed by atoms with E-state index in [1.807, 2.05) is 21.1 Å². The van der Waals surface area contributed by atoms with Crippen molar-refractivity contribution in [2.24, 2.45) is 0 Å². The lowest BCUT2D eigenvalue weighted by atomic mass is 10.4. The van der Waals surface area contributed by atoms with Gasteiger partial charge in [-0.2, -0.15) is 0 Å². The number of hydrogen-bond acceptors (Lipinski definition) is 7. The van der Waals surface area contributed by atoms with E-state index in [0.29, 0.717) is 13.2 Å². The van der Waals surface area contributed by atoms with Crippen molar-refractivity contribution in [3.8, 4) is 0 Å². The zero-order chi connectivity index (χ0) is 14.0. The molecule has 0 saturated heterocycles. The first-order valence-corrected chi connectivity index (χ1v) is 6.25. The molecule has 1 unspecified atom stereocenters. The summed E-state index contributed by atoms with van der Waals surface area (Å²) in [5, 5.41) is 0. The number of carbonyl (C=O) groups is 1. The molecule has 1 atom stereocenters. The second-order valence-electron chi connectivity index (χ2n) is 4.45. The van der Waals surface area contributed by atoms with Crippen LogP contribution in [0.4, 0.5) is 4.79 Å². The molecule has 0 fully saturated rings. The Kier molecular flexibility index (Phi) is 10.1. The predicted molar refractivity (Wildman–Crippen MR) is 72.9 cm³/mol. The van der Waals surface area contributed by atoms with Gasteiger partial charge < -0.3 is 23.5 Å². The van der Waals surface area contributed by atoms with E-state index >= 15 is 0 Å². The van der Waals surface area contributed by atoms with Crippen LogP contribution in [0.5, 0.6) is 0 Å². The zero-order valence-electron chi connectivity index (χ0n) is 11.6. The summed E-state index contributed by atoms with van der Waals surface area (Å²) in [7, 11) is 6.14. The van der Waals surface area contributed by atoms with Crippen LogP contribution in [0.2, 0.25) is 0 Å². The number of nitrogens with zero attached hydrogens (tertiary/aromatic N) is 2. The molecular weight excluding hydrogens is 256 g/mol. The molecule has 0 amide bonds. The molecule has 0 spiro atoms. The van der Waals surface area contributed by atoms with Crippen LogP contribution < -0.4 is 0 Å². The maximum Gasteiger partial charge on any atom is 0.520 e. The smallest absolute Gasteiger partial charge is 0.428 e. The van der Waals surface area contributed by atoms with E-state index in [2.05, 4.69) is 26.9 Å². The Labute approximate surface area is 115 Å². The lowest BCUT2D eigenvalue weighted by Gasteiger charge is -2.19. The highest BCUT2D eigenvalue weighted by molar-refractivity contribution is 7.75. The van der Waals surface area contributed by atoms with E-state index in [-0.39, 0.29) is 6.10 Å². The molecule has 7 heteroatoms. The quantitative estimate of drug-likeness (QED) is 0.293. The average Bonchev–Trinajstić information content (AvgIpc) is 2.31. The van der Waals surface area contributed by atoms with Crippen LogP contribution >= 0.6 is 12.9 Å². The molecule has 18 heavy (non-hydrogen) atoms. The molecule has 0 aromatic rings. The maximum atomic E-state index is 10.7. The fraction of sp³-hybridized carbons (Fsp3) is 0.909. The third kappa shape index (κ3) is 10.6. The van der Waals surface area contributed by atoms with Crippen molar-refractivity contribution in [3.05, 3.63) is 0 Å². The Morgan fingerprint density at radius 1 is 1.22 bits per heavy atom. The summed E-state index contributed by atoms with van der Waals surface area (Å²) in [5.74, 6) is 0. The van der Waals surface area contributed by atoms with E-state index in [1.54, 1.807) is 6.92 Å². The second kappa shape index (κ2) is 10.4. The molecule has 0 saturated carbocycles. The third-order valence-corrected chi connectivity index (χ3v) is 2.42. The van der Waals surface area contributed by atoms with Gasteiger partial charge in [-0.1, -0.05) is 0 Å². The first-order chi connectivity index (χ1) is 8.45. The summed E-state index contributed by atoms with van der Waals surface area (Å²) in [6.07, 6.45) is -1.14. The van der Waals surface area contributed by atoms with Crippen molar-refractivity contribution in [2.45, 2.75) is 13.0 Å². The fourth-order valence-corrected chi connectivity index (χ4v) is 1.22. The molecule has 0 heterocycles. The van der Waals surface area contributed by atoms with Gasteiger partial charge >= 0.3 is 6.16 Å². The Bertz CT molecular complexity index is 229. The molecule has 0 N–H and O–H groups in total. The number of likely N-dealkylation sites (N-methyl/N-ethyl adjacent to an activating group) is 2. The number of hydrogen-bond donors (Lipinski definition) is 1. The van der Waals surface area contributed by atoms with Crippen molar-refractivity contribution in [2.75, 3.05) is 54.0 Å². The molecule has 0 aliphatic carbocycles. The lowest BCUT2D eigenvalue weighted by Crippen LogP contribution is -2.31. The number of ether oxygens (including phenoxy) is 2. The van der Waals surface area contributed by atoms with Gasteiger partial charge in [0.15, 0.2) is 0 Å². The molecule has 6 nitrogen and oxygen atoms in total. The maximum absolute atomic E-state index is 10.7. The minimum Gasteiger partial charge on any atom is -0.428 e. The van der Waals surface area contributed by atoms with Crippen molar-refractivity contribution in [1.29, 1.82) is 0 Å². The van der Waals surface area contributed by atoms with Crippen LogP contribution in [0.25, 0.3) is 0 Å². The summed E-state index contributed by atoms with van der Waals surface area (Å²) in [5.41, 5.74) is 0. The molecule has 0 bridgehead atoms. The minimum atomic E-state index is -0.808. The van der Waals surface area contributed by atoms with Gasteiger partial charge in [0.2, 0.25) is 0 Å². The van der Waals surface area contributed by atoms with Crippen LogP contribution in [0.1, 0.15) is 6.92 Å². The molecule has 0 radical (unpaired) electrons. The second-order valence-corrected chi connectivity index (χ2v) is 4.63. The molecule has 0 aliphatic heterocycles. The van der Waals surface area contributed by atoms with Gasteiger partial charge in [-0.25, -0.2) is 4.79 Å². The topological polar surface area (TPSA) is 51.2 Å². The summed E-state index contributed by atoms with van der Waals surface area (Å²) in [4.78, 5) is 15.0. The van der Waals surface area contributed by atoms with Crippen LogP contribution in [-0.4, -0.2) is 76.1 Å². The van der Waals surface area contributed by atoms with Crippen LogP contribution in [0.3, 0.4) is 0 Å². The Hall–Kier alpha value is -0.500. The van der Waals surface area contributed by atoms with Crippen LogP contribution in [0.15, 0.2) is 0 Å². The molecule has 0 aromatic heterocycles. The standard InChI is InChI=1S/C11H24N2O4S/c1-10(16-11(14)17-18)9-15-8-7-13(4)6-5-12(2)3/h10,18H,5-9H2,1-4H3. The van der Waals surface area contributed by atoms with Crippen molar-refractivity contribution < 1.29 is 18.5 Å². The average molecular weight is 280 g/mol. The van der Waals surface area contributed by atoms with Gasteiger partial charge in [0.1, 0.15) is 6.10 Å². The van der Waals surface area contributed by atoms with Gasteiger partial charge in [0.25, 0.3) is 0 Å². The van der Waals surface area contributed by atoms with E-state index in [0.717, 1.165) is 19.6 Å². The summed E-state index contributed by atoms with van der Waals surface area (Å²) in [6.45, 7) is 5.55. The van der Waals surface area contributed by atoms with Crippen LogP contribution in [-0.2, 0) is 13.7 Å². The minimum absolute atomic E-state index is 0.336. The van der Waals surface area contributed by atoms with E-state index in [4.69, 9.17) is 9.47 Å². The summed E-state index contributed by atoms with van der Waals surface area (Å²) >= 11 is 3.34. The van der Waals surface area contributed by atoms with Gasteiger partial charge in [-0.15, -0.1) is 0 Å². The monoisotopic (exact) mass is 280 g/mol. The highest BCUT2D eigenvalue weighted by atomic mass is 32.1. The Morgan fingerprint density at radius 3 is 2.44 bits per heavy atom. The Balaban J connectivity index is 3.46.